The van der Waals surface area contributed by atoms with Gasteiger partial charge in [0.2, 0.25) is 0 Å². The van der Waals surface area contributed by atoms with E-state index in [1.807, 2.05) is 6.07 Å². The summed E-state index contributed by atoms with van der Waals surface area (Å²) in [7, 11) is 2.71. The van der Waals surface area contributed by atoms with Crippen LogP contribution in [0.25, 0.3) is 0 Å². The number of hydrogen-bond acceptors (Lipinski definition) is 6. The molecular weight excluding hydrogens is 324 g/mol. The molecule has 128 valence electrons. The standard InChI is InChI=1S/C18H16N2O5/c1-23-16-9-13(18(22)24-2)6-7-15(16)25-11-17(21)20-14-5-3-4-12(8-14)10-19/h3-9H,11H2,1-2H3,(H,20,21). The summed E-state index contributed by atoms with van der Waals surface area (Å²) >= 11 is 0. The molecule has 1 N–H and O–H groups in total. The molecule has 2 rings (SSSR count). The van der Waals surface area contributed by atoms with E-state index in [2.05, 4.69) is 10.1 Å². The van der Waals surface area contributed by atoms with Gasteiger partial charge in [-0.1, -0.05) is 6.07 Å². The SMILES string of the molecule is COC(=O)c1ccc(OCC(=O)Nc2cccc(C#N)c2)c(OC)c1. The number of benzene rings is 2. The smallest absolute Gasteiger partial charge is 0.337 e. The van der Waals surface area contributed by atoms with E-state index >= 15 is 0 Å². The maximum Gasteiger partial charge on any atom is 0.337 e. The molecule has 0 saturated carbocycles. The van der Waals surface area contributed by atoms with Gasteiger partial charge in [-0.3, -0.25) is 4.79 Å². The van der Waals surface area contributed by atoms with Crippen LogP contribution in [-0.4, -0.2) is 32.7 Å². The minimum absolute atomic E-state index is 0.259. The lowest BCUT2D eigenvalue weighted by Crippen LogP contribution is -2.20. The van der Waals surface area contributed by atoms with Crippen LogP contribution in [0.2, 0.25) is 0 Å². The summed E-state index contributed by atoms with van der Waals surface area (Å²) in [6.45, 7) is -0.259. The first-order chi connectivity index (χ1) is 12.1. The van der Waals surface area contributed by atoms with E-state index in [-0.39, 0.29) is 6.61 Å². The molecule has 0 spiro atoms. The Kier molecular flexibility index (Phi) is 5.96. The Morgan fingerprint density at radius 3 is 2.60 bits per heavy atom. The van der Waals surface area contributed by atoms with E-state index in [0.29, 0.717) is 28.3 Å². The summed E-state index contributed by atoms with van der Waals surface area (Å²) < 4.78 is 15.2. The molecule has 7 heteroatoms. The van der Waals surface area contributed by atoms with E-state index in [0.717, 1.165) is 0 Å². The van der Waals surface area contributed by atoms with Crippen molar-refractivity contribution in [3.8, 4) is 17.6 Å². The van der Waals surface area contributed by atoms with Crippen molar-refractivity contribution >= 4 is 17.6 Å². The van der Waals surface area contributed by atoms with Gasteiger partial charge < -0.3 is 19.5 Å². The summed E-state index contributed by atoms with van der Waals surface area (Å²) in [4.78, 5) is 23.5. The van der Waals surface area contributed by atoms with Gasteiger partial charge in [0.1, 0.15) is 0 Å². The highest BCUT2D eigenvalue weighted by atomic mass is 16.5. The lowest BCUT2D eigenvalue weighted by molar-refractivity contribution is -0.118. The average Bonchev–Trinajstić information content (AvgIpc) is 2.65. The summed E-state index contributed by atoms with van der Waals surface area (Å²) in [6.07, 6.45) is 0. The minimum atomic E-state index is -0.500. The summed E-state index contributed by atoms with van der Waals surface area (Å²) in [5, 5.41) is 11.5. The van der Waals surface area contributed by atoms with E-state index in [4.69, 9.17) is 14.7 Å². The normalized spacial score (nSPS) is 9.64. The zero-order valence-corrected chi connectivity index (χ0v) is 13.7. The van der Waals surface area contributed by atoms with Crippen LogP contribution in [0.3, 0.4) is 0 Å². The number of hydrogen-bond donors (Lipinski definition) is 1. The number of carbonyl (C=O) groups excluding carboxylic acids is 2. The number of ether oxygens (including phenoxy) is 3. The summed E-state index contributed by atoms with van der Waals surface area (Å²) in [6, 6.07) is 13.0. The molecule has 0 aromatic heterocycles. The maximum absolute atomic E-state index is 12.0. The second-order valence-electron chi connectivity index (χ2n) is 4.89. The first-order valence-electron chi connectivity index (χ1n) is 7.26. The lowest BCUT2D eigenvalue weighted by Gasteiger charge is -2.12. The monoisotopic (exact) mass is 340 g/mol. The Morgan fingerprint density at radius 2 is 1.92 bits per heavy atom. The zero-order valence-electron chi connectivity index (χ0n) is 13.7. The minimum Gasteiger partial charge on any atom is -0.493 e. The summed E-state index contributed by atoms with van der Waals surface area (Å²) in [5.74, 6) is -0.271. The molecule has 0 saturated heterocycles. The molecule has 2 aromatic carbocycles. The fraction of sp³-hybridized carbons (Fsp3) is 0.167. The first-order valence-corrected chi connectivity index (χ1v) is 7.26. The van der Waals surface area contributed by atoms with Crippen LogP contribution in [0, 0.1) is 11.3 Å². The Morgan fingerprint density at radius 1 is 1.12 bits per heavy atom. The highest BCUT2D eigenvalue weighted by Gasteiger charge is 2.12. The number of nitrogens with zero attached hydrogens (tertiary/aromatic N) is 1. The van der Waals surface area contributed by atoms with E-state index in [9.17, 15) is 9.59 Å². The van der Waals surface area contributed by atoms with Gasteiger partial charge in [-0.05, 0) is 36.4 Å². The third kappa shape index (κ3) is 4.72. The number of nitrogens with one attached hydrogen (secondary N) is 1. The third-order valence-electron chi connectivity index (χ3n) is 3.22. The number of rotatable bonds is 6. The third-order valence-corrected chi connectivity index (χ3v) is 3.22. The highest BCUT2D eigenvalue weighted by Crippen LogP contribution is 2.28. The fourth-order valence-corrected chi connectivity index (χ4v) is 2.04. The average molecular weight is 340 g/mol. The highest BCUT2D eigenvalue weighted by molar-refractivity contribution is 5.92. The molecule has 0 bridgehead atoms. The predicted octanol–water partition coefficient (Wildman–Crippen LogP) is 2.37. The fourth-order valence-electron chi connectivity index (χ4n) is 2.04. The number of amides is 1. The van der Waals surface area contributed by atoms with Crippen LogP contribution >= 0.6 is 0 Å². The lowest BCUT2D eigenvalue weighted by atomic mass is 10.2. The number of methoxy groups -OCH3 is 2. The number of nitriles is 1. The molecule has 0 fully saturated rings. The van der Waals surface area contributed by atoms with Crippen LogP contribution in [0.1, 0.15) is 15.9 Å². The second-order valence-corrected chi connectivity index (χ2v) is 4.89. The van der Waals surface area contributed by atoms with Gasteiger partial charge in [0.05, 0.1) is 31.4 Å². The molecule has 0 atom stereocenters. The summed E-state index contributed by atoms with van der Waals surface area (Å²) in [5.41, 5.74) is 1.25. The maximum atomic E-state index is 12.0. The van der Waals surface area contributed by atoms with Gasteiger partial charge in [0.15, 0.2) is 18.1 Å². The predicted molar refractivity (Wildman–Crippen MR) is 89.6 cm³/mol. The zero-order chi connectivity index (χ0) is 18.2. The van der Waals surface area contributed by atoms with Gasteiger partial charge in [0.25, 0.3) is 5.91 Å². The number of carbonyl (C=O) groups is 2. The van der Waals surface area contributed by atoms with Gasteiger partial charge in [-0.2, -0.15) is 5.26 Å². The molecule has 25 heavy (non-hydrogen) atoms. The molecule has 0 heterocycles. The Hall–Kier alpha value is -3.53. The Balaban J connectivity index is 2.01. The van der Waals surface area contributed by atoms with Gasteiger partial charge >= 0.3 is 5.97 Å². The van der Waals surface area contributed by atoms with Crippen LogP contribution in [0.15, 0.2) is 42.5 Å². The topological polar surface area (TPSA) is 97.6 Å². The Labute approximate surface area is 144 Å². The largest absolute Gasteiger partial charge is 0.493 e. The molecule has 0 aliphatic carbocycles. The van der Waals surface area contributed by atoms with Crippen molar-refractivity contribution in [1.82, 2.24) is 0 Å². The van der Waals surface area contributed by atoms with Crippen LogP contribution in [-0.2, 0) is 9.53 Å². The van der Waals surface area contributed by atoms with Crippen molar-refractivity contribution in [2.75, 3.05) is 26.1 Å². The molecular formula is C18H16N2O5. The van der Waals surface area contributed by atoms with Crippen molar-refractivity contribution < 1.29 is 23.8 Å². The van der Waals surface area contributed by atoms with Gasteiger partial charge in [-0.25, -0.2) is 4.79 Å². The first kappa shape index (κ1) is 17.8. The van der Waals surface area contributed by atoms with Crippen molar-refractivity contribution in [3.63, 3.8) is 0 Å². The van der Waals surface area contributed by atoms with Gasteiger partial charge in [-0.15, -0.1) is 0 Å². The number of esters is 1. The quantitative estimate of drug-likeness (QED) is 0.811. The van der Waals surface area contributed by atoms with Gasteiger partial charge in [0, 0.05) is 5.69 Å². The van der Waals surface area contributed by atoms with Crippen molar-refractivity contribution in [3.05, 3.63) is 53.6 Å². The molecule has 7 nitrogen and oxygen atoms in total. The second kappa shape index (κ2) is 8.36. The molecule has 0 radical (unpaired) electrons. The van der Waals surface area contributed by atoms with Crippen LogP contribution in [0.5, 0.6) is 11.5 Å². The van der Waals surface area contributed by atoms with Crippen molar-refractivity contribution in [1.29, 1.82) is 5.26 Å². The number of anilines is 1. The molecule has 1 amide bonds. The van der Waals surface area contributed by atoms with Crippen molar-refractivity contribution in [2.24, 2.45) is 0 Å². The van der Waals surface area contributed by atoms with E-state index in [1.165, 1.54) is 32.4 Å². The molecule has 0 aliphatic rings. The molecule has 2 aromatic rings. The molecule has 0 aliphatic heterocycles. The molecule has 0 unspecified atom stereocenters. The van der Waals surface area contributed by atoms with Crippen molar-refractivity contribution in [2.45, 2.75) is 0 Å². The Bertz CT molecular complexity index is 826. The van der Waals surface area contributed by atoms with E-state index < -0.39 is 11.9 Å². The van der Waals surface area contributed by atoms with Crippen LogP contribution in [0.4, 0.5) is 5.69 Å². The van der Waals surface area contributed by atoms with Crippen LogP contribution < -0.4 is 14.8 Å². The van der Waals surface area contributed by atoms with E-state index in [1.54, 1.807) is 24.3 Å².